The van der Waals surface area contributed by atoms with Crippen molar-refractivity contribution in [2.24, 2.45) is 0 Å². The van der Waals surface area contributed by atoms with Gasteiger partial charge in [0.2, 0.25) is 0 Å². The van der Waals surface area contributed by atoms with E-state index in [4.69, 9.17) is 4.74 Å². The second-order valence-corrected chi connectivity index (χ2v) is 4.96. The van der Waals surface area contributed by atoms with E-state index in [0.717, 1.165) is 19.6 Å². The Morgan fingerprint density at radius 3 is 2.68 bits per heavy atom. The van der Waals surface area contributed by atoms with Crippen molar-refractivity contribution < 1.29 is 4.74 Å². The standard InChI is InChI=1S/C17H19NO/c1-2-6-14(7-3-1)13-19-11-10-17-16-9-5-4-8-15(16)12-18-17/h1-9,17-18H,10-13H2. The van der Waals surface area contributed by atoms with E-state index in [0.29, 0.717) is 12.6 Å². The van der Waals surface area contributed by atoms with Gasteiger partial charge in [0.15, 0.2) is 0 Å². The first-order chi connectivity index (χ1) is 9.43. The van der Waals surface area contributed by atoms with Crippen molar-refractivity contribution in [2.75, 3.05) is 6.61 Å². The molecule has 1 N–H and O–H groups in total. The Balaban J connectivity index is 1.47. The number of hydrogen-bond donors (Lipinski definition) is 1. The lowest BCUT2D eigenvalue weighted by Crippen LogP contribution is -2.14. The molecule has 2 heteroatoms. The molecule has 1 heterocycles. The quantitative estimate of drug-likeness (QED) is 0.824. The molecule has 2 aromatic rings. The molecule has 0 aromatic heterocycles. The summed E-state index contributed by atoms with van der Waals surface area (Å²) in [6, 6.07) is 19.4. The lowest BCUT2D eigenvalue weighted by Gasteiger charge is -2.12. The normalized spacial score (nSPS) is 17.4. The zero-order chi connectivity index (χ0) is 12.9. The molecule has 1 aliphatic rings. The van der Waals surface area contributed by atoms with Crippen LogP contribution in [0.3, 0.4) is 0 Å². The van der Waals surface area contributed by atoms with E-state index in [2.05, 4.69) is 41.7 Å². The fourth-order valence-corrected chi connectivity index (χ4v) is 2.60. The summed E-state index contributed by atoms with van der Waals surface area (Å²) in [6.07, 6.45) is 1.03. The number of benzene rings is 2. The molecular weight excluding hydrogens is 234 g/mol. The van der Waals surface area contributed by atoms with Crippen LogP contribution >= 0.6 is 0 Å². The van der Waals surface area contributed by atoms with Gasteiger partial charge < -0.3 is 10.1 Å². The molecule has 0 bridgehead atoms. The van der Waals surface area contributed by atoms with E-state index in [1.165, 1.54) is 16.7 Å². The summed E-state index contributed by atoms with van der Waals surface area (Å²) >= 11 is 0. The van der Waals surface area contributed by atoms with Crippen LogP contribution in [0, 0.1) is 0 Å². The molecule has 2 aromatic carbocycles. The first-order valence-corrected chi connectivity index (χ1v) is 6.86. The molecule has 0 saturated heterocycles. The molecule has 0 aliphatic carbocycles. The second-order valence-electron chi connectivity index (χ2n) is 4.96. The molecule has 1 atom stereocenters. The molecular formula is C17H19NO. The molecule has 98 valence electrons. The van der Waals surface area contributed by atoms with Gasteiger partial charge in [-0.2, -0.15) is 0 Å². The van der Waals surface area contributed by atoms with Gasteiger partial charge in [0.1, 0.15) is 0 Å². The van der Waals surface area contributed by atoms with E-state index < -0.39 is 0 Å². The molecule has 2 nitrogen and oxygen atoms in total. The maximum Gasteiger partial charge on any atom is 0.0716 e. The van der Waals surface area contributed by atoms with Gasteiger partial charge >= 0.3 is 0 Å². The molecule has 0 fully saturated rings. The van der Waals surface area contributed by atoms with Crippen LogP contribution in [0.4, 0.5) is 0 Å². The molecule has 19 heavy (non-hydrogen) atoms. The van der Waals surface area contributed by atoms with Crippen molar-refractivity contribution in [1.29, 1.82) is 0 Å². The third-order valence-corrected chi connectivity index (χ3v) is 3.63. The Hall–Kier alpha value is -1.64. The van der Waals surface area contributed by atoms with Crippen LogP contribution in [0.1, 0.15) is 29.2 Å². The van der Waals surface area contributed by atoms with Crippen molar-refractivity contribution in [3.05, 3.63) is 71.3 Å². The number of hydrogen-bond acceptors (Lipinski definition) is 2. The van der Waals surface area contributed by atoms with E-state index in [9.17, 15) is 0 Å². The van der Waals surface area contributed by atoms with Crippen LogP contribution in [0.5, 0.6) is 0 Å². The molecule has 3 rings (SSSR count). The molecule has 1 unspecified atom stereocenters. The van der Waals surface area contributed by atoms with Crippen LogP contribution in [-0.4, -0.2) is 6.61 Å². The summed E-state index contributed by atoms with van der Waals surface area (Å²) in [5, 5.41) is 3.54. The summed E-state index contributed by atoms with van der Waals surface area (Å²) in [5.41, 5.74) is 4.10. The third kappa shape index (κ3) is 3.03. The number of nitrogens with one attached hydrogen (secondary N) is 1. The van der Waals surface area contributed by atoms with Gasteiger partial charge in [-0.1, -0.05) is 54.6 Å². The Morgan fingerprint density at radius 2 is 1.79 bits per heavy atom. The summed E-state index contributed by atoms with van der Waals surface area (Å²) in [6.45, 7) is 2.48. The van der Waals surface area contributed by atoms with Gasteiger partial charge in [0.05, 0.1) is 6.61 Å². The minimum atomic E-state index is 0.451. The highest BCUT2D eigenvalue weighted by atomic mass is 16.5. The summed E-state index contributed by atoms with van der Waals surface area (Å²) in [4.78, 5) is 0. The lowest BCUT2D eigenvalue weighted by molar-refractivity contribution is 0.112. The summed E-state index contributed by atoms with van der Waals surface area (Å²) in [5.74, 6) is 0. The van der Waals surface area contributed by atoms with Crippen molar-refractivity contribution >= 4 is 0 Å². The topological polar surface area (TPSA) is 21.3 Å². The Morgan fingerprint density at radius 1 is 1.00 bits per heavy atom. The van der Waals surface area contributed by atoms with Crippen LogP contribution in [0.15, 0.2) is 54.6 Å². The zero-order valence-corrected chi connectivity index (χ0v) is 11.0. The van der Waals surface area contributed by atoms with Crippen molar-refractivity contribution in [1.82, 2.24) is 5.32 Å². The second kappa shape index (κ2) is 6.00. The highest BCUT2D eigenvalue weighted by Gasteiger charge is 2.20. The molecule has 0 spiro atoms. The molecule has 0 saturated carbocycles. The van der Waals surface area contributed by atoms with Crippen LogP contribution in [-0.2, 0) is 17.9 Å². The van der Waals surface area contributed by atoms with Gasteiger partial charge in [-0.25, -0.2) is 0 Å². The highest BCUT2D eigenvalue weighted by Crippen LogP contribution is 2.27. The van der Waals surface area contributed by atoms with Gasteiger partial charge in [0, 0.05) is 19.2 Å². The first kappa shape index (κ1) is 12.4. The molecule has 1 aliphatic heterocycles. The van der Waals surface area contributed by atoms with Crippen LogP contribution in [0.2, 0.25) is 0 Å². The van der Waals surface area contributed by atoms with Crippen LogP contribution < -0.4 is 5.32 Å². The van der Waals surface area contributed by atoms with Gasteiger partial charge in [-0.3, -0.25) is 0 Å². The predicted molar refractivity (Wildman–Crippen MR) is 76.7 cm³/mol. The minimum Gasteiger partial charge on any atom is -0.377 e. The Labute approximate surface area is 114 Å². The fraction of sp³-hybridized carbons (Fsp3) is 0.294. The molecule has 0 radical (unpaired) electrons. The number of fused-ring (bicyclic) bond motifs is 1. The van der Waals surface area contributed by atoms with Gasteiger partial charge in [-0.15, -0.1) is 0 Å². The average Bonchev–Trinajstić information content (AvgIpc) is 2.88. The van der Waals surface area contributed by atoms with Gasteiger partial charge in [0.25, 0.3) is 0 Å². The maximum absolute atomic E-state index is 5.76. The maximum atomic E-state index is 5.76. The minimum absolute atomic E-state index is 0.451. The highest BCUT2D eigenvalue weighted by molar-refractivity contribution is 5.33. The van der Waals surface area contributed by atoms with E-state index in [1.807, 2.05) is 18.2 Å². The van der Waals surface area contributed by atoms with Crippen molar-refractivity contribution in [3.63, 3.8) is 0 Å². The average molecular weight is 253 g/mol. The predicted octanol–water partition coefficient (Wildman–Crippen LogP) is 3.44. The largest absolute Gasteiger partial charge is 0.377 e. The zero-order valence-electron chi connectivity index (χ0n) is 11.0. The first-order valence-electron chi connectivity index (χ1n) is 6.86. The fourth-order valence-electron chi connectivity index (χ4n) is 2.60. The van der Waals surface area contributed by atoms with E-state index >= 15 is 0 Å². The van der Waals surface area contributed by atoms with Gasteiger partial charge in [-0.05, 0) is 23.1 Å². The van der Waals surface area contributed by atoms with Crippen molar-refractivity contribution in [2.45, 2.75) is 25.6 Å². The van der Waals surface area contributed by atoms with Crippen molar-refractivity contribution in [3.8, 4) is 0 Å². The Bertz CT molecular complexity index is 524. The Kier molecular flexibility index (Phi) is 3.92. The summed E-state index contributed by atoms with van der Waals surface area (Å²) < 4.78 is 5.76. The monoisotopic (exact) mass is 253 g/mol. The summed E-state index contributed by atoms with van der Waals surface area (Å²) in [7, 11) is 0. The SMILES string of the molecule is c1ccc(COCCC2NCc3ccccc32)cc1. The van der Waals surface area contributed by atoms with Crippen LogP contribution in [0.25, 0.3) is 0 Å². The molecule has 0 amide bonds. The van der Waals surface area contributed by atoms with E-state index in [-0.39, 0.29) is 0 Å². The van der Waals surface area contributed by atoms with E-state index in [1.54, 1.807) is 0 Å². The lowest BCUT2D eigenvalue weighted by atomic mass is 10.0. The number of ether oxygens (including phenoxy) is 1. The smallest absolute Gasteiger partial charge is 0.0716 e. The number of rotatable bonds is 5. The third-order valence-electron chi connectivity index (χ3n) is 3.63.